The minimum absolute atomic E-state index is 0.0343. The predicted octanol–water partition coefficient (Wildman–Crippen LogP) is 2.27. The monoisotopic (exact) mass is 224 g/mol. The van der Waals surface area contributed by atoms with Gasteiger partial charge in [-0.15, -0.1) is 0 Å². The summed E-state index contributed by atoms with van der Waals surface area (Å²) in [7, 11) is -2.97. The Bertz CT molecular complexity index is 197. The van der Waals surface area contributed by atoms with Crippen molar-refractivity contribution in [2.24, 2.45) is 5.41 Å². The van der Waals surface area contributed by atoms with Crippen LogP contribution in [0.25, 0.3) is 0 Å². The molecule has 0 aliphatic carbocycles. The third-order valence-electron chi connectivity index (χ3n) is 1.46. The maximum atomic E-state index is 11.8. The molecular weight excluding hydrogens is 203 g/mol. The Labute approximate surface area is 86.1 Å². The van der Waals surface area contributed by atoms with E-state index in [2.05, 4.69) is 0 Å². The molecule has 0 aliphatic rings. The van der Waals surface area contributed by atoms with Gasteiger partial charge in [0.25, 0.3) is 0 Å². The minimum Gasteiger partial charge on any atom is -0.394 e. The summed E-state index contributed by atoms with van der Waals surface area (Å²) in [6.45, 7) is 8.07. The predicted molar refractivity (Wildman–Crippen MR) is 56.6 cm³/mol. The van der Waals surface area contributed by atoms with Crippen molar-refractivity contribution in [1.29, 1.82) is 0 Å². The maximum absolute atomic E-state index is 11.8. The van der Waals surface area contributed by atoms with E-state index in [0.717, 1.165) is 0 Å². The topological polar surface area (TPSA) is 55.8 Å². The Morgan fingerprint density at radius 2 is 1.86 bits per heavy atom. The van der Waals surface area contributed by atoms with Gasteiger partial charge in [0.15, 0.2) is 0 Å². The quantitative estimate of drug-likeness (QED) is 0.703. The molecule has 0 spiro atoms. The van der Waals surface area contributed by atoms with Crippen LogP contribution in [0, 0.1) is 5.41 Å². The van der Waals surface area contributed by atoms with Gasteiger partial charge in [0, 0.05) is 6.16 Å². The molecule has 4 nitrogen and oxygen atoms in total. The van der Waals surface area contributed by atoms with Gasteiger partial charge in [-0.1, -0.05) is 27.7 Å². The van der Waals surface area contributed by atoms with Crippen LogP contribution in [0.5, 0.6) is 0 Å². The molecule has 0 amide bonds. The molecule has 0 bridgehead atoms. The summed E-state index contributed by atoms with van der Waals surface area (Å²) >= 11 is 0. The van der Waals surface area contributed by atoms with Crippen molar-refractivity contribution in [2.75, 3.05) is 26.0 Å². The van der Waals surface area contributed by atoms with Crippen LogP contribution in [0.4, 0.5) is 0 Å². The second-order valence-electron chi connectivity index (χ2n) is 4.32. The zero-order chi connectivity index (χ0) is 11.2. The van der Waals surface area contributed by atoms with E-state index in [1.165, 1.54) is 0 Å². The number of aliphatic hydroxyl groups is 1. The molecule has 0 fully saturated rings. The highest BCUT2D eigenvalue weighted by Crippen LogP contribution is 2.48. The van der Waals surface area contributed by atoms with Crippen LogP contribution in [0.1, 0.15) is 27.7 Å². The van der Waals surface area contributed by atoms with E-state index in [1.807, 2.05) is 20.8 Å². The molecule has 0 aliphatic heterocycles. The Kier molecular flexibility index (Phi) is 5.91. The van der Waals surface area contributed by atoms with Gasteiger partial charge < -0.3 is 14.2 Å². The van der Waals surface area contributed by atoms with Crippen molar-refractivity contribution < 1.29 is 18.7 Å². The lowest BCUT2D eigenvalue weighted by atomic mass is 9.99. The Hall–Kier alpha value is 0.110. The van der Waals surface area contributed by atoms with E-state index in [1.54, 1.807) is 6.92 Å². The minimum atomic E-state index is -2.97. The fraction of sp³-hybridized carbons (Fsp3) is 1.00. The molecule has 86 valence electrons. The summed E-state index contributed by atoms with van der Waals surface area (Å²) in [4.78, 5) is 0. The van der Waals surface area contributed by atoms with Crippen molar-refractivity contribution in [1.82, 2.24) is 0 Å². The van der Waals surface area contributed by atoms with E-state index in [9.17, 15) is 4.57 Å². The number of hydrogen-bond donors (Lipinski definition) is 1. The molecule has 0 aromatic carbocycles. The summed E-state index contributed by atoms with van der Waals surface area (Å²) in [6.07, 6.45) is 0.336. The Morgan fingerprint density at radius 1 is 1.29 bits per heavy atom. The highest BCUT2D eigenvalue weighted by atomic mass is 31.2. The molecule has 1 atom stereocenters. The van der Waals surface area contributed by atoms with Crippen molar-refractivity contribution in [3.63, 3.8) is 0 Å². The van der Waals surface area contributed by atoms with Crippen molar-refractivity contribution in [2.45, 2.75) is 27.7 Å². The van der Waals surface area contributed by atoms with Crippen molar-refractivity contribution in [3.8, 4) is 0 Å². The van der Waals surface area contributed by atoms with Crippen LogP contribution >= 0.6 is 7.60 Å². The van der Waals surface area contributed by atoms with Gasteiger partial charge in [-0.3, -0.25) is 4.57 Å². The van der Waals surface area contributed by atoms with Crippen LogP contribution in [-0.4, -0.2) is 31.1 Å². The molecular formula is C9H21O4P. The second kappa shape index (κ2) is 5.86. The SMILES string of the molecule is CCP(=O)(OCCO)OCC(C)(C)C. The Balaban J connectivity index is 4.06. The average Bonchev–Trinajstić information content (AvgIpc) is 2.10. The molecule has 0 radical (unpaired) electrons. The molecule has 0 saturated heterocycles. The lowest BCUT2D eigenvalue weighted by Gasteiger charge is -2.23. The standard InChI is InChI=1S/C9H21O4P/c1-5-14(11,12-7-6-10)13-8-9(2,3)4/h10H,5-8H2,1-4H3. The third-order valence-corrected chi connectivity index (χ3v) is 3.33. The molecule has 5 heteroatoms. The molecule has 0 heterocycles. The molecule has 1 N–H and O–H groups in total. The van der Waals surface area contributed by atoms with E-state index in [4.69, 9.17) is 14.2 Å². The first-order valence-corrected chi connectivity index (χ1v) is 6.55. The van der Waals surface area contributed by atoms with E-state index in [0.29, 0.717) is 12.8 Å². The van der Waals surface area contributed by atoms with Gasteiger partial charge in [-0.2, -0.15) is 0 Å². The number of rotatable bonds is 6. The average molecular weight is 224 g/mol. The highest BCUT2D eigenvalue weighted by Gasteiger charge is 2.24. The maximum Gasteiger partial charge on any atom is 0.330 e. The molecule has 1 unspecified atom stereocenters. The number of hydrogen-bond acceptors (Lipinski definition) is 4. The zero-order valence-corrected chi connectivity index (χ0v) is 10.3. The molecule has 0 rings (SSSR count). The van der Waals surface area contributed by atoms with Gasteiger partial charge in [0.1, 0.15) is 0 Å². The van der Waals surface area contributed by atoms with Crippen molar-refractivity contribution in [3.05, 3.63) is 0 Å². The van der Waals surface area contributed by atoms with E-state index >= 15 is 0 Å². The lowest BCUT2D eigenvalue weighted by Crippen LogP contribution is -2.15. The van der Waals surface area contributed by atoms with Gasteiger partial charge in [0.05, 0.1) is 19.8 Å². The van der Waals surface area contributed by atoms with Crippen LogP contribution in [0.3, 0.4) is 0 Å². The molecule has 0 saturated carbocycles. The first-order valence-electron chi connectivity index (χ1n) is 4.82. The van der Waals surface area contributed by atoms with Gasteiger partial charge >= 0.3 is 7.60 Å². The highest BCUT2D eigenvalue weighted by molar-refractivity contribution is 7.53. The largest absolute Gasteiger partial charge is 0.394 e. The molecule has 0 aromatic heterocycles. The zero-order valence-electron chi connectivity index (χ0n) is 9.45. The first-order chi connectivity index (χ1) is 6.33. The Morgan fingerprint density at radius 3 is 2.21 bits per heavy atom. The normalized spacial score (nSPS) is 16.6. The van der Waals surface area contributed by atoms with Gasteiger partial charge in [0.2, 0.25) is 0 Å². The fourth-order valence-electron chi connectivity index (χ4n) is 0.692. The van der Waals surface area contributed by atoms with Crippen LogP contribution < -0.4 is 0 Å². The second-order valence-corrected chi connectivity index (χ2v) is 6.69. The van der Waals surface area contributed by atoms with Crippen LogP contribution in [0.15, 0.2) is 0 Å². The first kappa shape index (κ1) is 14.1. The summed E-state index contributed by atoms with van der Waals surface area (Å²) < 4.78 is 22.1. The molecule has 14 heavy (non-hydrogen) atoms. The smallest absolute Gasteiger partial charge is 0.330 e. The van der Waals surface area contributed by atoms with Crippen molar-refractivity contribution >= 4 is 7.60 Å². The summed E-state index contributed by atoms with van der Waals surface area (Å²) in [6, 6.07) is 0. The van der Waals surface area contributed by atoms with Crippen LogP contribution in [0.2, 0.25) is 0 Å². The van der Waals surface area contributed by atoms with Crippen LogP contribution in [-0.2, 0) is 13.6 Å². The van der Waals surface area contributed by atoms with Gasteiger partial charge in [-0.25, -0.2) is 0 Å². The molecule has 0 aromatic rings. The third kappa shape index (κ3) is 6.55. The fourth-order valence-corrected chi connectivity index (χ4v) is 2.08. The summed E-state index contributed by atoms with van der Waals surface area (Å²) in [5, 5.41) is 8.55. The number of aliphatic hydroxyl groups excluding tert-OH is 1. The lowest BCUT2D eigenvalue weighted by molar-refractivity contribution is 0.132. The van der Waals surface area contributed by atoms with E-state index in [-0.39, 0.29) is 18.6 Å². The van der Waals surface area contributed by atoms with Gasteiger partial charge in [-0.05, 0) is 5.41 Å². The summed E-state index contributed by atoms with van der Waals surface area (Å²) in [5.74, 6) is 0. The van der Waals surface area contributed by atoms with E-state index < -0.39 is 7.60 Å². The summed E-state index contributed by atoms with van der Waals surface area (Å²) in [5.41, 5.74) is -0.0343.